The van der Waals surface area contributed by atoms with Crippen LogP contribution in [-0.4, -0.2) is 17.8 Å². The summed E-state index contributed by atoms with van der Waals surface area (Å²) in [5.74, 6) is -0.778. The van der Waals surface area contributed by atoms with Gasteiger partial charge in [0, 0.05) is 10.2 Å². The number of rotatable bonds is 2. The number of hydrogen-bond acceptors (Lipinski definition) is 2. The van der Waals surface area contributed by atoms with Gasteiger partial charge in [0.25, 0.3) is 0 Å². The molecule has 1 aromatic carbocycles. The predicted octanol–water partition coefficient (Wildman–Crippen LogP) is 2.34. The quantitative estimate of drug-likeness (QED) is 0.822. The molecule has 0 heterocycles. The van der Waals surface area contributed by atoms with Gasteiger partial charge in [0.05, 0.1) is 0 Å². The molecule has 6 heteroatoms. The van der Waals surface area contributed by atoms with E-state index in [1.165, 1.54) is 0 Å². The lowest BCUT2D eigenvalue weighted by Crippen LogP contribution is -2.35. The Bertz CT molecular complexity index is 367. The molecule has 0 aliphatic carbocycles. The van der Waals surface area contributed by atoms with Crippen molar-refractivity contribution in [3.05, 3.63) is 28.7 Å². The Morgan fingerprint density at radius 1 is 1.27 bits per heavy atom. The highest BCUT2D eigenvalue weighted by Gasteiger charge is 2.05. The van der Waals surface area contributed by atoms with Crippen molar-refractivity contribution in [1.29, 1.82) is 0 Å². The molecule has 0 aliphatic rings. The van der Waals surface area contributed by atoms with E-state index in [1.807, 2.05) is 0 Å². The highest BCUT2D eigenvalue weighted by atomic mass is 79.9. The number of amides is 3. The number of anilines is 1. The molecule has 0 aromatic heterocycles. The zero-order valence-electron chi connectivity index (χ0n) is 7.59. The molecule has 1 aromatic rings. The SMILES string of the molecule is O=C(CCl)NC(=O)Nc1ccc(Br)cc1. The van der Waals surface area contributed by atoms with Gasteiger partial charge in [0.2, 0.25) is 5.91 Å². The molecule has 2 N–H and O–H groups in total. The van der Waals surface area contributed by atoms with E-state index in [0.29, 0.717) is 5.69 Å². The number of imide groups is 1. The average molecular weight is 292 g/mol. The van der Waals surface area contributed by atoms with Gasteiger partial charge in [0.1, 0.15) is 5.88 Å². The maximum atomic E-state index is 11.2. The van der Waals surface area contributed by atoms with Gasteiger partial charge in [-0.25, -0.2) is 4.79 Å². The number of halogens is 2. The first-order valence-electron chi connectivity index (χ1n) is 4.04. The van der Waals surface area contributed by atoms with E-state index < -0.39 is 11.9 Å². The Hall–Kier alpha value is -1.07. The summed E-state index contributed by atoms with van der Waals surface area (Å²) in [7, 11) is 0. The van der Waals surface area contributed by atoms with Gasteiger partial charge in [-0.05, 0) is 24.3 Å². The van der Waals surface area contributed by atoms with Gasteiger partial charge in [-0.3, -0.25) is 10.1 Å². The fraction of sp³-hybridized carbons (Fsp3) is 0.111. The molecule has 0 fully saturated rings. The van der Waals surface area contributed by atoms with Crippen molar-refractivity contribution in [3.63, 3.8) is 0 Å². The van der Waals surface area contributed by atoms with Crippen molar-refractivity contribution in [3.8, 4) is 0 Å². The molecule has 1 rings (SSSR count). The molecule has 0 bridgehead atoms. The summed E-state index contributed by atoms with van der Waals surface area (Å²) >= 11 is 8.48. The number of carbonyl (C=O) groups is 2. The third-order valence-corrected chi connectivity index (χ3v) is 2.25. The summed E-state index contributed by atoms with van der Waals surface area (Å²) < 4.78 is 0.908. The van der Waals surface area contributed by atoms with Crippen molar-refractivity contribution in [1.82, 2.24) is 5.32 Å². The summed E-state index contributed by atoms with van der Waals surface area (Å²) in [6.45, 7) is 0. The molecular formula is C9H8BrClN2O2. The molecule has 0 saturated carbocycles. The van der Waals surface area contributed by atoms with Crippen LogP contribution < -0.4 is 10.6 Å². The minimum Gasteiger partial charge on any atom is -0.308 e. The van der Waals surface area contributed by atoms with Crippen LogP contribution in [0.15, 0.2) is 28.7 Å². The summed E-state index contributed by atoms with van der Waals surface area (Å²) in [5, 5.41) is 4.54. The smallest absolute Gasteiger partial charge is 0.308 e. The molecule has 0 unspecified atom stereocenters. The first-order valence-corrected chi connectivity index (χ1v) is 5.37. The van der Waals surface area contributed by atoms with Crippen LogP contribution in [0.5, 0.6) is 0 Å². The number of carbonyl (C=O) groups excluding carboxylic acids is 2. The number of urea groups is 1. The van der Waals surface area contributed by atoms with Crippen LogP contribution in [0.4, 0.5) is 10.5 Å². The van der Waals surface area contributed by atoms with Crippen LogP contribution in [0.25, 0.3) is 0 Å². The first kappa shape index (κ1) is 12.0. The van der Waals surface area contributed by atoms with E-state index in [2.05, 4.69) is 26.6 Å². The highest BCUT2D eigenvalue weighted by Crippen LogP contribution is 2.13. The lowest BCUT2D eigenvalue weighted by molar-refractivity contribution is -0.117. The standard InChI is InChI=1S/C9H8BrClN2O2/c10-6-1-3-7(4-2-6)12-9(15)13-8(14)5-11/h1-4H,5H2,(H2,12,13,14,15). The highest BCUT2D eigenvalue weighted by molar-refractivity contribution is 9.10. The van der Waals surface area contributed by atoms with Crippen LogP contribution in [0, 0.1) is 0 Å². The minimum atomic E-state index is -0.594. The maximum Gasteiger partial charge on any atom is 0.325 e. The molecule has 4 nitrogen and oxygen atoms in total. The van der Waals surface area contributed by atoms with Crippen LogP contribution in [0.3, 0.4) is 0 Å². The van der Waals surface area contributed by atoms with E-state index in [9.17, 15) is 9.59 Å². The number of nitrogens with one attached hydrogen (secondary N) is 2. The lowest BCUT2D eigenvalue weighted by Gasteiger charge is -2.05. The van der Waals surface area contributed by atoms with Gasteiger partial charge >= 0.3 is 6.03 Å². The lowest BCUT2D eigenvalue weighted by atomic mass is 10.3. The Balaban J connectivity index is 2.51. The van der Waals surface area contributed by atoms with Crippen molar-refractivity contribution < 1.29 is 9.59 Å². The Morgan fingerprint density at radius 3 is 2.40 bits per heavy atom. The van der Waals surface area contributed by atoms with Gasteiger partial charge in [-0.15, -0.1) is 11.6 Å². The van der Waals surface area contributed by atoms with E-state index in [-0.39, 0.29) is 5.88 Å². The molecule has 0 radical (unpaired) electrons. The normalized spacial score (nSPS) is 9.47. The zero-order chi connectivity index (χ0) is 11.3. The molecule has 0 spiro atoms. The number of hydrogen-bond donors (Lipinski definition) is 2. The number of benzene rings is 1. The third kappa shape index (κ3) is 4.31. The van der Waals surface area contributed by atoms with Crippen LogP contribution in [0.1, 0.15) is 0 Å². The van der Waals surface area contributed by atoms with Crippen molar-refractivity contribution in [2.24, 2.45) is 0 Å². The summed E-state index contributed by atoms with van der Waals surface area (Å²) in [6, 6.07) is 6.37. The summed E-state index contributed by atoms with van der Waals surface area (Å²) in [4.78, 5) is 21.9. The molecule has 0 saturated heterocycles. The monoisotopic (exact) mass is 290 g/mol. The molecule has 0 aliphatic heterocycles. The van der Waals surface area contributed by atoms with Crippen LogP contribution in [0.2, 0.25) is 0 Å². The largest absolute Gasteiger partial charge is 0.325 e. The Morgan fingerprint density at radius 2 is 1.87 bits per heavy atom. The van der Waals surface area contributed by atoms with E-state index >= 15 is 0 Å². The molecule has 0 atom stereocenters. The second-order valence-corrected chi connectivity index (χ2v) is 3.83. The first-order chi connectivity index (χ1) is 7.11. The fourth-order valence-corrected chi connectivity index (χ4v) is 1.19. The molecule has 15 heavy (non-hydrogen) atoms. The maximum absolute atomic E-state index is 11.2. The van der Waals surface area contributed by atoms with E-state index in [0.717, 1.165) is 4.47 Å². The molecular weight excluding hydrogens is 283 g/mol. The van der Waals surface area contributed by atoms with Crippen molar-refractivity contribution in [2.45, 2.75) is 0 Å². The van der Waals surface area contributed by atoms with Crippen molar-refractivity contribution >= 4 is 45.2 Å². The second-order valence-electron chi connectivity index (χ2n) is 2.64. The second kappa shape index (κ2) is 5.72. The Labute approximate surface area is 100 Å². The minimum absolute atomic E-state index is 0.242. The van der Waals surface area contributed by atoms with Crippen LogP contribution in [-0.2, 0) is 4.79 Å². The number of alkyl halides is 1. The topological polar surface area (TPSA) is 58.2 Å². The summed E-state index contributed by atoms with van der Waals surface area (Å²) in [5.41, 5.74) is 0.595. The average Bonchev–Trinajstić information content (AvgIpc) is 2.21. The zero-order valence-corrected chi connectivity index (χ0v) is 9.93. The van der Waals surface area contributed by atoms with E-state index in [1.54, 1.807) is 24.3 Å². The van der Waals surface area contributed by atoms with E-state index in [4.69, 9.17) is 11.6 Å². The molecule has 3 amide bonds. The summed E-state index contributed by atoms with van der Waals surface area (Å²) in [6.07, 6.45) is 0. The van der Waals surface area contributed by atoms with Gasteiger partial charge < -0.3 is 5.32 Å². The van der Waals surface area contributed by atoms with Gasteiger partial charge in [0.15, 0.2) is 0 Å². The van der Waals surface area contributed by atoms with Crippen molar-refractivity contribution in [2.75, 3.05) is 11.2 Å². The van der Waals surface area contributed by atoms with Gasteiger partial charge in [-0.2, -0.15) is 0 Å². The van der Waals surface area contributed by atoms with Crippen LogP contribution >= 0.6 is 27.5 Å². The third-order valence-electron chi connectivity index (χ3n) is 1.48. The molecule has 80 valence electrons. The van der Waals surface area contributed by atoms with Gasteiger partial charge in [-0.1, -0.05) is 15.9 Å². The predicted molar refractivity (Wildman–Crippen MR) is 62.0 cm³/mol. The fourth-order valence-electron chi connectivity index (χ4n) is 0.856. The Kier molecular flexibility index (Phi) is 4.58.